The van der Waals surface area contributed by atoms with E-state index in [4.69, 9.17) is 23.2 Å². The maximum absolute atomic E-state index is 13.8. The van der Waals surface area contributed by atoms with Crippen LogP contribution in [0.3, 0.4) is 0 Å². The molecule has 0 aliphatic rings. The Bertz CT molecular complexity index is 1360. The van der Waals surface area contributed by atoms with E-state index in [1.807, 2.05) is 0 Å². The van der Waals surface area contributed by atoms with Gasteiger partial charge in [-0.15, -0.1) is 0 Å². The van der Waals surface area contributed by atoms with Crippen molar-refractivity contribution in [3.8, 4) is 0 Å². The number of nitrogens with zero attached hydrogens (tertiary/aromatic N) is 2. The van der Waals surface area contributed by atoms with Gasteiger partial charge in [0.1, 0.15) is 18.4 Å². The number of hydrogen-bond acceptors (Lipinski definition) is 4. The number of carbonyl (C=O) groups is 2. The molecule has 0 saturated heterocycles. The molecule has 1 N–H and O–H groups in total. The van der Waals surface area contributed by atoms with E-state index in [2.05, 4.69) is 5.32 Å². The van der Waals surface area contributed by atoms with E-state index in [1.54, 1.807) is 25.1 Å². The van der Waals surface area contributed by atoms with E-state index < -0.39 is 40.2 Å². The maximum atomic E-state index is 13.8. The lowest BCUT2D eigenvalue weighted by Crippen LogP contribution is -2.51. The number of nitrogens with one attached hydrogen (secondary N) is 1. The van der Waals surface area contributed by atoms with Crippen molar-refractivity contribution in [1.29, 1.82) is 0 Å². The van der Waals surface area contributed by atoms with Gasteiger partial charge in [0.25, 0.3) is 10.0 Å². The van der Waals surface area contributed by atoms with E-state index in [1.165, 1.54) is 66.5 Å². The van der Waals surface area contributed by atoms with Crippen LogP contribution in [0.5, 0.6) is 0 Å². The molecule has 0 bridgehead atoms. The lowest BCUT2D eigenvalue weighted by molar-refractivity contribution is -0.140. The Labute approximate surface area is 225 Å². The Hall–Kier alpha value is -3.14. The first-order chi connectivity index (χ1) is 17.6. The van der Waals surface area contributed by atoms with E-state index in [0.717, 1.165) is 4.31 Å². The third kappa shape index (κ3) is 6.60. The highest BCUT2D eigenvalue weighted by molar-refractivity contribution is 7.92. The SMILES string of the molecule is CCC(C(=O)NC)N(Cc1ccc(F)cc1)C(=O)CN(c1cccc(Cl)c1Cl)S(=O)(=O)c1ccccc1. The summed E-state index contributed by atoms with van der Waals surface area (Å²) in [6.07, 6.45) is 0.260. The summed E-state index contributed by atoms with van der Waals surface area (Å²) in [6, 6.07) is 16.7. The quantitative estimate of drug-likeness (QED) is 0.379. The second-order valence-corrected chi connectivity index (χ2v) is 10.7. The monoisotopic (exact) mass is 565 g/mol. The van der Waals surface area contributed by atoms with Gasteiger partial charge in [-0.25, -0.2) is 12.8 Å². The Morgan fingerprint density at radius 3 is 2.22 bits per heavy atom. The molecule has 2 amide bonds. The Morgan fingerprint density at radius 2 is 1.62 bits per heavy atom. The first kappa shape index (κ1) is 28.4. The minimum Gasteiger partial charge on any atom is -0.357 e. The third-order valence-electron chi connectivity index (χ3n) is 5.71. The molecule has 0 saturated carbocycles. The molecule has 0 aliphatic carbocycles. The van der Waals surface area contributed by atoms with Crippen molar-refractivity contribution < 1.29 is 22.4 Å². The summed E-state index contributed by atoms with van der Waals surface area (Å²) in [5.74, 6) is -1.53. The number of carbonyl (C=O) groups excluding carboxylic acids is 2. The Kier molecular flexibility index (Phi) is 9.53. The molecule has 0 heterocycles. The van der Waals surface area contributed by atoms with Crippen LogP contribution in [0, 0.1) is 5.82 Å². The predicted molar refractivity (Wildman–Crippen MR) is 143 cm³/mol. The molecular weight excluding hydrogens is 540 g/mol. The van der Waals surface area contributed by atoms with Crippen molar-refractivity contribution in [2.75, 3.05) is 17.9 Å². The lowest BCUT2D eigenvalue weighted by atomic mass is 10.1. The summed E-state index contributed by atoms with van der Waals surface area (Å²) < 4.78 is 41.8. The summed E-state index contributed by atoms with van der Waals surface area (Å²) in [5, 5.41) is 2.61. The van der Waals surface area contributed by atoms with Gasteiger partial charge in [0.2, 0.25) is 11.8 Å². The van der Waals surface area contributed by atoms with Gasteiger partial charge in [-0.05, 0) is 48.4 Å². The van der Waals surface area contributed by atoms with Gasteiger partial charge in [-0.1, -0.05) is 66.5 Å². The zero-order valence-corrected chi connectivity index (χ0v) is 22.5. The first-order valence-electron chi connectivity index (χ1n) is 11.4. The van der Waals surface area contributed by atoms with Crippen LogP contribution in [0.2, 0.25) is 10.0 Å². The van der Waals surface area contributed by atoms with Gasteiger partial charge in [0.05, 0.1) is 20.6 Å². The second kappa shape index (κ2) is 12.4. The van der Waals surface area contributed by atoms with E-state index in [9.17, 15) is 22.4 Å². The van der Waals surface area contributed by atoms with Gasteiger partial charge in [0, 0.05) is 13.6 Å². The maximum Gasteiger partial charge on any atom is 0.264 e. The number of hydrogen-bond donors (Lipinski definition) is 1. The fourth-order valence-electron chi connectivity index (χ4n) is 3.79. The largest absolute Gasteiger partial charge is 0.357 e. The molecule has 0 spiro atoms. The lowest BCUT2D eigenvalue weighted by Gasteiger charge is -2.33. The highest BCUT2D eigenvalue weighted by Crippen LogP contribution is 2.35. The number of rotatable bonds is 10. The average molecular weight is 566 g/mol. The van der Waals surface area contributed by atoms with Crippen LogP contribution >= 0.6 is 23.2 Å². The Morgan fingerprint density at radius 1 is 0.973 bits per heavy atom. The van der Waals surface area contributed by atoms with Crippen molar-refractivity contribution in [2.45, 2.75) is 30.8 Å². The molecule has 11 heteroatoms. The molecule has 3 rings (SSSR count). The third-order valence-corrected chi connectivity index (χ3v) is 8.29. The number of likely N-dealkylation sites (N-methyl/N-ethyl adjacent to an activating group) is 1. The average Bonchev–Trinajstić information content (AvgIpc) is 2.90. The molecule has 7 nitrogen and oxygen atoms in total. The summed E-state index contributed by atoms with van der Waals surface area (Å²) in [7, 11) is -2.82. The van der Waals surface area contributed by atoms with Crippen molar-refractivity contribution in [1.82, 2.24) is 10.2 Å². The molecular formula is C26H26Cl2FN3O4S. The number of sulfonamides is 1. The highest BCUT2D eigenvalue weighted by atomic mass is 35.5. The van der Waals surface area contributed by atoms with Gasteiger partial charge < -0.3 is 10.2 Å². The molecule has 0 radical (unpaired) electrons. The van der Waals surface area contributed by atoms with Crippen molar-refractivity contribution >= 4 is 50.7 Å². The van der Waals surface area contributed by atoms with Gasteiger partial charge in [-0.3, -0.25) is 13.9 Å². The van der Waals surface area contributed by atoms with Crippen LogP contribution in [0.25, 0.3) is 0 Å². The molecule has 196 valence electrons. The van der Waals surface area contributed by atoms with Crippen LogP contribution in [0.4, 0.5) is 10.1 Å². The minimum absolute atomic E-state index is 0.0149. The zero-order chi connectivity index (χ0) is 27.2. The van der Waals surface area contributed by atoms with Crippen LogP contribution in [-0.2, 0) is 26.2 Å². The normalized spacial score (nSPS) is 12.0. The van der Waals surface area contributed by atoms with E-state index >= 15 is 0 Å². The molecule has 0 aromatic heterocycles. The minimum atomic E-state index is -4.27. The fraction of sp³-hybridized carbons (Fsp3) is 0.231. The number of amides is 2. The standard InChI is InChI=1S/C26H26Cl2FN3O4S/c1-3-22(26(34)30-2)31(16-18-12-14-19(29)15-13-18)24(33)17-32(23-11-7-10-21(27)25(23)28)37(35,36)20-8-5-4-6-9-20/h4-15,22H,3,16-17H2,1-2H3,(H,30,34). The molecule has 1 unspecified atom stereocenters. The van der Waals surface area contributed by atoms with Crippen LogP contribution in [0.15, 0.2) is 77.7 Å². The summed E-state index contributed by atoms with van der Waals surface area (Å²) in [5.41, 5.74) is 0.580. The summed E-state index contributed by atoms with van der Waals surface area (Å²) in [6.45, 7) is 1.02. The van der Waals surface area contributed by atoms with Crippen molar-refractivity contribution in [3.05, 3.63) is 94.2 Å². The number of benzene rings is 3. The fourth-order valence-corrected chi connectivity index (χ4v) is 5.69. The van der Waals surface area contributed by atoms with Crippen LogP contribution in [0.1, 0.15) is 18.9 Å². The molecule has 0 aliphatic heterocycles. The highest BCUT2D eigenvalue weighted by Gasteiger charge is 2.34. The summed E-state index contributed by atoms with van der Waals surface area (Å²) >= 11 is 12.6. The topological polar surface area (TPSA) is 86.8 Å². The molecule has 3 aromatic carbocycles. The van der Waals surface area contributed by atoms with Gasteiger partial charge in [0.15, 0.2) is 0 Å². The van der Waals surface area contributed by atoms with Crippen molar-refractivity contribution in [3.63, 3.8) is 0 Å². The number of anilines is 1. The van der Waals surface area contributed by atoms with Crippen molar-refractivity contribution in [2.24, 2.45) is 0 Å². The van der Waals surface area contributed by atoms with Crippen LogP contribution < -0.4 is 9.62 Å². The van der Waals surface area contributed by atoms with E-state index in [-0.39, 0.29) is 33.6 Å². The van der Waals surface area contributed by atoms with Crippen LogP contribution in [-0.4, -0.2) is 44.8 Å². The second-order valence-electron chi connectivity index (χ2n) is 8.08. The molecule has 3 aromatic rings. The molecule has 1 atom stereocenters. The van der Waals surface area contributed by atoms with Gasteiger partial charge in [-0.2, -0.15) is 0 Å². The smallest absolute Gasteiger partial charge is 0.264 e. The predicted octanol–water partition coefficient (Wildman–Crippen LogP) is 4.88. The first-order valence-corrected chi connectivity index (χ1v) is 13.6. The molecule has 0 fully saturated rings. The van der Waals surface area contributed by atoms with E-state index in [0.29, 0.717) is 5.56 Å². The molecule has 37 heavy (non-hydrogen) atoms. The van der Waals surface area contributed by atoms with Gasteiger partial charge >= 0.3 is 0 Å². The zero-order valence-electron chi connectivity index (χ0n) is 20.2. The number of halogens is 3. The summed E-state index contributed by atoms with van der Waals surface area (Å²) in [4.78, 5) is 27.7. The Balaban J connectivity index is 2.09.